The van der Waals surface area contributed by atoms with Crippen molar-refractivity contribution in [2.75, 3.05) is 24.7 Å². The zero-order valence-corrected chi connectivity index (χ0v) is 13.1. The molecule has 0 spiro atoms. The van der Waals surface area contributed by atoms with E-state index in [4.69, 9.17) is 5.26 Å². The molecule has 0 saturated carbocycles. The minimum Gasteiger partial charge on any atom is -0.366 e. The van der Waals surface area contributed by atoms with E-state index in [1.54, 1.807) is 12.1 Å². The van der Waals surface area contributed by atoms with Crippen LogP contribution < -0.4 is 5.32 Å². The Hall–Kier alpha value is -1.65. The molecule has 0 aliphatic carbocycles. The van der Waals surface area contributed by atoms with Crippen molar-refractivity contribution < 1.29 is 8.42 Å². The number of rotatable bonds is 5. The normalized spacial score (nSPS) is 22.9. The molecule has 2 heterocycles. The van der Waals surface area contributed by atoms with Crippen molar-refractivity contribution >= 4 is 15.8 Å². The van der Waals surface area contributed by atoms with Crippen LogP contribution in [-0.2, 0) is 10.0 Å². The van der Waals surface area contributed by atoms with Gasteiger partial charge < -0.3 is 5.32 Å². The Morgan fingerprint density at radius 2 is 2.24 bits per heavy atom. The second kappa shape index (κ2) is 6.41. The maximum Gasteiger partial charge on any atom is 0.211 e. The summed E-state index contributed by atoms with van der Waals surface area (Å²) in [4.78, 5) is 4.19. The zero-order chi connectivity index (χ0) is 15.5. The Labute approximate surface area is 125 Å². The van der Waals surface area contributed by atoms with Gasteiger partial charge in [0.05, 0.1) is 11.8 Å². The number of sulfonamides is 1. The van der Waals surface area contributed by atoms with Crippen molar-refractivity contribution in [1.82, 2.24) is 9.29 Å². The van der Waals surface area contributed by atoms with Gasteiger partial charge in [-0.25, -0.2) is 13.4 Å². The fraction of sp³-hybridized carbons (Fsp3) is 0.571. The van der Waals surface area contributed by atoms with Crippen molar-refractivity contribution in [3.05, 3.63) is 23.9 Å². The number of nitrogens with zero attached hydrogens (tertiary/aromatic N) is 3. The van der Waals surface area contributed by atoms with Gasteiger partial charge in [0.2, 0.25) is 10.0 Å². The highest BCUT2D eigenvalue weighted by Gasteiger charge is 2.36. The summed E-state index contributed by atoms with van der Waals surface area (Å²) in [5.41, 5.74) is 0.509. The molecule has 1 aromatic heterocycles. The standard InChI is InChI=1S/C14H20N4O2S/c1-3-4-12-9-18(21(2,19)20)10-13(12)17-14-6-5-11(7-15)8-16-14/h5-6,8,12-13H,3-4,9-10H2,1-2H3,(H,16,17)/t12-,13-/m1/s1. The first-order chi connectivity index (χ1) is 9.94. The number of hydrogen-bond acceptors (Lipinski definition) is 5. The van der Waals surface area contributed by atoms with Crippen LogP contribution in [0.4, 0.5) is 5.82 Å². The summed E-state index contributed by atoms with van der Waals surface area (Å²) in [5.74, 6) is 0.956. The predicted octanol–water partition coefficient (Wildman–Crippen LogP) is 1.43. The molecule has 7 heteroatoms. The average molecular weight is 308 g/mol. The van der Waals surface area contributed by atoms with Crippen LogP contribution >= 0.6 is 0 Å². The molecule has 1 aromatic rings. The third-order valence-electron chi connectivity index (χ3n) is 3.76. The maximum absolute atomic E-state index is 11.7. The van der Waals surface area contributed by atoms with E-state index in [-0.39, 0.29) is 12.0 Å². The van der Waals surface area contributed by atoms with Crippen LogP contribution in [0.5, 0.6) is 0 Å². The van der Waals surface area contributed by atoms with Gasteiger partial charge >= 0.3 is 0 Å². The van der Waals surface area contributed by atoms with Gasteiger partial charge in [0, 0.05) is 25.3 Å². The van der Waals surface area contributed by atoms with Crippen LogP contribution in [0.1, 0.15) is 25.3 Å². The van der Waals surface area contributed by atoms with E-state index in [0.29, 0.717) is 24.5 Å². The highest BCUT2D eigenvalue weighted by molar-refractivity contribution is 7.88. The van der Waals surface area contributed by atoms with Crippen molar-refractivity contribution in [2.45, 2.75) is 25.8 Å². The van der Waals surface area contributed by atoms with E-state index in [1.165, 1.54) is 16.8 Å². The van der Waals surface area contributed by atoms with Crippen LogP contribution in [0.3, 0.4) is 0 Å². The predicted molar refractivity (Wildman–Crippen MR) is 81.2 cm³/mol. The second-order valence-corrected chi connectivity index (χ2v) is 7.41. The van der Waals surface area contributed by atoms with Gasteiger partial charge in [0.1, 0.15) is 11.9 Å². The van der Waals surface area contributed by atoms with Crippen LogP contribution in [0.2, 0.25) is 0 Å². The van der Waals surface area contributed by atoms with E-state index >= 15 is 0 Å². The maximum atomic E-state index is 11.7. The number of nitrogens with one attached hydrogen (secondary N) is 1. The van der Waals surface area contributed by atoms with Crippen LogP contribution in [0.15, 0.2) is 18.3 Å². The van der Waals surface area contributed by atoms with Gasteiger partial charge in [0.15, 0.2) is 0 Å². The smallest absolute Gasteiger partial charge is 0.211 e. The Bertz CT molecular complexity index is 621. The summed E-state index contributed by atoms with van der Waals surface area (Å²) < 4.78 is 24.9. The number of aromatic nitrogens is 1. The largest absolute Gasteiger partial charge is 0.366 e. The SMILES string of the molecule is CCC[C@@H]1CN(S(C)(=O)=O)C[C@H]1Nc1ccc(C#N)cn1. The monoisotopic (exact) mass is 308 g/mol. The van der Waals surface area contributed by atoms with Gasteiger partial charge in [-0.3, -0.25) is 0 Å². The van der Waals surface area contributed by atoms with Crippen molar-refractivity contribution in [1.29, 1.82) is 5.26 Å². The minimum atomic E-state index is -3.16. The number of hydrogen-bond donors (Lipinski definition) is 1. The third kappa shape index (κ3) is 3.93. The lowest BCUT2D eigenvalue weighted by Crippen LogP contribution is -2.31. The second-order valence-electron chi connectivity index (χ2n) is 5.42. The quantitative estimate of drug-likeness (QED) is 0.889. The molecule has 1 fully saturated rings. The van der Waals surface area contributed by atoms with Gasteiger partial charge in [-0.05, 0) is 24.5 Å². The Kier molecular flexibility index (Phi) is 4.80. The molecule has 114 valence electrons. The van der Waals surface area contributed by atoms with Gasteiger partial charge in [-0.15, -0.1) is 0 Å². The van der Waals surface area contributed by atoms with Crippen LogP contribution in [-0.4, -0.2) is 43.1 Å². The molecular formula is C14H20N4O2S. The van der Waals surface area contributed by atoms with E-state index in [9.17, 15) is 8.42 Å². The molecule has 1 N–H and O–H groups in total. The Morgan fingerprint density at radius 3 is 2.76 bits per heavy atom. The summed E-state index contributed by atoms with van der Waals surface area (Å²) in [6.45, 7) is 3.12. The Balaban J connectivity index is 2.10. The van der Waals surface area contributed by atoms with Gasteiger partial charge in [0.25, 0.3) is 0 Å². The van der Waals surface area contributed by atoms with E-state index < -0.39 is 10.0 Å². The highest BCUT2D eigenvalue weighted by atomic mass is 32.2. The zero-order valence-electron chi connectivity index (χ0n) is 12.3. The van der Waals surface area contributed by atoms with Crippen molar-refractivity contribution in [3.8, 4) is 6.07 Å². The van der Waals surface area contributed by atoms with Crippen LogP contribution in [0.25, 0.3) is 0 Å². The summed E-state index contributed by atoms with van der Waals surface area (Å²) in [5, 5.41) is 12.1. The molecule has 2 atom stereocenters. The molecule has 0 unspecified atom stereocenters. The lowest BCUT2D eigenvalue weighted by molar-refractivity contribution is 0.445. The number of pyridine rings is 1. The first-order valence-corrected chi connectivity index (χ1v) is 8.86. The van der Waals surface area contributed by atoms with E-state index in [1.807, 2.05) is 6.07 Å². The van der Waals surface area contributed by atoms with Crippen molar-refractivity contribution in [2.24, 2.45) is 5.92 Å². The Morgan fingerprint density at radius 1 is 1.48 bits per heavy atom. The van der Waals surface area contributed by atoms with E-state index in [0.717, 1.165) is 12.8 Å². The molecule has 6 nitrogen and oxygen atoms in total. The van der Waals surface area contributed by atoms with Crippen LogP contribution in [0, 0.1) is 17.2 Å². The molecule has 1 aliphatic heterocycles. The fourth-order valence-corrected chi connectivity index (χ4v) is 3.56. The first-order valence-electron chi connectivity index (χ1n) is 7.02. The summed E-state index contributed by atoms with van der Waals surface area (Å²) in [6.07, 6.45) is 4.75. The molecule has 1 aliphatic rings. The first kappa shape index (κ1) is 15.7. The molecule has 1 saturated heterocycles. The number of anilines is 1. The molecule has 21 heavy (non-hydrogen) atoms. The molecule has 0 aromatic carbocycles. The minimum absolute atomic E-state index is 0.0557. The topological polar surface area (TPSA) is 86.1 Å². The lowest BCUT2D eigenvalue weighted by atomic mass is 9.98. The highest BCUT2D eigenvalue weighted by Crippen LogP contribution is 2.26. The third-order valence-corrected chi connectivity index (χ3v) is 5.00. The molecule has 0 amide bonds. The lowest BCUT2D eigenvalue weighted by Gasteiger charge is -2.19. The fourth-order valence-electron chi connectivity index (χ4n) is 2.66. The summed E-state index contributed by atoms with van der Waals surface area (Å²) in [7, 11) is -3.16. The van der Waals surface area contributed by atoms with Gasteiger partial charge in [-0.1, -0.05) is 13.3 Å². The van der Waals surface area contributed by atoms with E-state index in [2.05, 4.69) is 17.2 Å². The summed E-state index contributed by atoms with van der Waals surface area (Å²) in [6, 6.07) is 5.54. The van der Waals surface area contributed by atoms with Crippen molar-refractivity contribution in [3.63, 3.8) is 0 Å². The molecular weight excluding hydrogens is 288 g/mol. The molecule has 2 rings (SSSR count). The molecule has 0 bridgehead atoms. The average Bonchev–Trinajstić information content (AvgIpc) is 2.83. The summed E-state index contributed by atoms with van der Waals surface area (Å²) >= 11 is 0. The van der Waals surface area contributed by atoms with Gasteiger partial charge in [-0.2, -0.15) is 9.57 Å². The molecule has 0 radical (unpaired) electrons. The number of nitriles is 1.